The molecule has 1 amide bonds. The Balaban J connectivity index is 1.85. The topological polar surface area (TPSA) is 92.2 Å². The van der Waals surface area contributed by atoms with Gasteiger partial charge in [0.15, 0.2) is 5.82 Å². The van der Waals surface area contributed by atoms with Crippen molar-refractivity contribution in [3.63, 3.8) is 0 Å². The number of carbonyl (C=O) groups excluding carboxylic acids is 1. The number of hydrogen-bond donors (Lipinski definition) is 2. The summed E-state index contributed by atoms with van der Waals surface area (Å²) in [5, 5.41) is 11.6. The van der Waals surface area contributed by atoms with Gasteiger partial charge in [0.1, 0.15) is 11.9 Å². The number of alkyl halides is 3. The first-order valence-corrected chi connectivity index (χ1v) is 11.9. The van der Waals surface area contributed by atoms with Gasteiger partial charge in [-0.2, -0.15) is 18.4 Å². The van der Waals surface area contributed by atoms with E-state index in [1.54, 1.807) is 6.07 Å². The summed E-state index contributed by atoms with van der Waals surface area (Å²) in [5.74, 6) is -3.25. The van der Waals surface area contributed by atoms with Crippen LogP contribution < -0.4 is 15.8 Å². The smallest absolute Gasteiger partial charge is 0.367 e. The number of pyridine rings is 1. The molecule has 1 aromatic heterocycles. The van der Waals surface area contributed by atoms with Crippen LogP contribution in [-0.2, 0) is 6.18 Å². The summed E-state index contributed by atoms with van der Waals surface area (Å²) >= 11 is 0. The molecule has 39 heavy (non-hydrogen) atoms. The second-order valence-corrected chi connectivity index (χ2v) is 9.47. The van der Waals surface area contributed by atoms with Gasteiger partial charge in [-0.1, -0.05) is 6.07 Å². The zero-order valence-corrected chi connectivity index (χ0v) is 21.2. The van der Waals surface area contributed by atoms with Crippen LogP contribution in [0.15, 0.2) is 47.4 Å². The van der Waals surface area contributed by atoms with Crippen molar-refractivity contribution < 1.29 is 26.7 Å². The number of halogens is 5. The van der Waals surface area contributed by atoms with E-state index >= 15 is 0 Å². The van der Waals surface area contributed by atoms with E-state index in [1.807, 2.05) is 25.8 Å². The molecule has 12 heteroatoms. The number of aromatic nitrogens is 1. The highest BCUT2D eigenvalue weighted by Crippen LogP contribution is 2.37. The Morgan fingerprint density at radius 1 is 1.10 bits per heavy atom. The number of likely N-dealkylation sites (N-methyl/N-ethyl adjacent to an activating group) is 1. The van der Waals surface area contributed by atoms with Gasteiger partial charge in [0.25, 0.3) is 5.91 Å². The number of nitrogens with zero attached hydrogens (tertiary/aromatic N) is 3. The van der Waals surface area contributed by atoms with Crippen molar-refractivity contribution in [1.82, 2.24) is 9.88 Å². The lowest BCUT2D eigenvalue weighted by molar-refractivity contribution is -0.138. The number of piperazine rings is 1. The maximum absolute atomic E-state index is 15.0. The first-order valence-electron chi connectivity index (χ1n) is 11.9. The van der Waals surface area contributed by atoms with Crippen LogP contribution in [0.5, 0.6) is 0 Å². The fourth-order valence-corrected chi connectivity index (χ4v) is 4.66. The standard InChI is InChI=1S/C27H24F5N5O2/c1-14-12-37(13-15(2)36(14)3)22-7-5-16(24-20(28)6-4-17(10-33)25(24)29)8-21(22)35-26(39)18-11-34-23(38)9-19(18)27(30,31)32/h4-9,11,14-15H,12-13H2,1-3H3,(H,34,38)(H,35,39)/t14-,15+. The molecule has 204 valence electrons. The Hall–Kier alpha value is -4.24. The molecule has 2 N–H and O–H groups in total. The number of rotatable bonds is 4. The van der Waals surface area contributed by atoms with Crippen molar-refractivity contribution in [1.29, 1.82) is 5.26 Å². The van der Waals surface area contributed by atoms with Crippen molar-refractivity contribution in [2.24, 2.45) is 0 Å². The molecule has 0 aliphatic carbocycles. The first-order chi connectivity index (χ1) is 18.3. The minimum atomic E-state index is -4.99. The third-order valence-corrected chi connectivity index (χ3v) is 6.92. The van der Waals surface area contributed by atoms with E-state index in [9.17, 15) is 36.8 Å². The zero-order chi connectivity index (χ0) is 28.6. The monoisotopic (exact) mass is 545 g/mol. The van der Waals surface area contributed by atoms with Gasteiger partial charge >= 0.3 is 6.18 Å². The summed E-state index contributed by atoms with van der Waals surface area (Å²) < 4.78 is 70.5. The molecule has 2 heterocycles. The van der Waals surface area contributed by atoms with Crippen LogP contribution in [0.3, 0.4) is 0 Å². The Labute approximate surface area is 220 Å². The Morgan fingerprint density at radius 2 is 1.77 bits per heavy atom. The van der Waals surface area contributed by atoms with E-state index in [0.717, 1.165) is 12.1 Å². The second kappa shape index (κ2) is 10.5. The highest BCUT2D eigenvalue weighted by Gasteiger charge is 2.36. The molecular weight excluding hydrogens is 521 g/mol. The SMILES string of the molecule is C[C@@H]1CN(c2ccc(-c3c(F)ccc(C#N)c3F)cc2NC(=O)c2c[nH]c(=O)cc2C(F)(F)F)C[C@H](C)N1C. The quantitative estimate of drug-likeness (QED) is 0.451. The van der Waals surface area contributed by atoms with Gasteiger partial charge in [-0.3, -0.25) is 14.5 Å². The molecule has 2 atom stereocenters. The first kappa shape index (κ1) is 27.8. The molecule has 0 spiro atoms. The lowest BCUT2D eigenvalue weighted by Crippen LogP contribution is -2.55. The Morgan fingerprint density at radius 3 is 2.38 bits per heavy atom. The van der Waals surface area contributed by atoms with Gasteiger partial charge in [0.2, 0.25) is 5.56 Å². The molecule has 4 rings (SSSR count). The van der Waals surface area contributed by atoms with Crippen molar-refractivity contribution in [2.45, 2.75) is 32.1 Å². The maximum Gasteiger partial charge on any atom is 0.417 e. The number of aromatic amines is 1. The van der Waals surface area contributed by atoms with Crippen LogP contribution in [0.4, 0.5) is 33.3 Å². The predicted molar refractivity (Wildman–Crippen MR) is 135 cm³/mol. The normalized spacial score (nSPS) is 18.1. The molecule has 1 aliphatic rings. The number of hydrogen-bond acceptors (Lipinski definition) is 5. The van der Waals surface area contributed by atoms with Crippen LogP contribution in [-0.4, -0.2) is 48.0 Å². The van der Waals surface area contributed by atoms with Gasteiger partial charge in [-0.25, -0.2) is 8.78 Å². The van der Waals surface area contributed by atoms with E-state index in [-0.39, 0.29) is 29.4 Å². The number of nitriles is 1. The van der Waals surface area contributed by atoms with Crippen molar-refractivity contribution >= 4 is 17.3 Å². The predicted octanol–water partition coefficient (Wildman–Crippen LogP) is 4.99. The van der Waals surface area contributed by atoms with Gasteiger partial charge in [0, 0.05) is 37.4 Å². The number of anilines is 2. The fraction of sp³-hybridized carbons (Fsp3) is 0.296. The van der Waals surface area contributed by atoms with Crippen LogP contribution in [0.1, 0.15) is 35.3 Å². The van der Waals surface area contributed by atoms with Crippen LogP contribution in [0, 0.1) is 23.0 Å². The molecule has 0 unspecified atom stereocenters. The maximum atomic E-state index is 15.0. The van der Waals surface area contributed by atoms with Gasteiger partial charge in [0.05, 0.1) is 33.6 Å². The average Bonchev–Trinajstić information content (AvgIpc) is 2.86. The fourth-order valence-electron chi connectivity index (χ4n) is 4.66. The highest BCUT2D eigenvalue weighted by atomic mass is 19.4. The van der Waals surface area contributed by atoms with Gasteiger partial charge in [-0.05, 0) is 50.7 Å². The second-order valence-electron chi connectivity index (χ2n) is 9.47. The Bertz CT molecular complexity index is 1520. The molecular formula is C27H24F5N5O2. The van der Waals surface area contributed by atoms with Crippen LogP contribution in [0.25, 0.3) is 11.1 Å². The van der Waals surface area contributed by atoms with E-state index in [1.165, 1.54) is 18.2 Å². The molecule has 2 aromatic carbocycles. The summed E-state index contributed by atoms with van der Waals surface area (Å²) in [7, 11) is 1.96. The minimum Gasteiger partial charge on any atom is -0.367 e. The number of carbonyl (C=O) groups is 1. The summed E-state index contributed by atoms with van der Waals surface area (Å²) in [4.78, 5) is 30.8. The molecule has 1 fully saturated rings. The van der Waals surface area contributed by atoms with Crippen LogP contribution >= 0.6 is 0 Å². The lowest BCUT2D eigenvalue weighted by Gasteiger charge is -2.44. The van der Waals surface area contributed by atoms with Gasteiger partial charge < -0.3 is 15.2 Å². The molecule has 1 aliphatic heterocycles. The summed E-state index contributed by atoms with van der Waals surface area (Å²) in [6.07, 6.45) is -4.32. The van der Waals surface area contributed by atoms with E-state index in [4.69, 9.17) is 0 Å². The van der Waals surface area contributed by atoms with Crippen molar-refractivity contribution in [3.05, 3.63) is 81.3 Å². The number of H-pyrrole nitrogens is 1. The van der Waals surface area contributed by atoms with E-state index in [2.05, 4.69) is 15.2 Å². The van der Waals surface area contributed by atoms with E-state index in [0.29, 0.717) is 25.0 Å². The van der Waals surface area contributed by atoms with Crippen molar-refractivity contribution in [2.75, 3.05) is 30.4 Å². The third-order valence-electron chi connectivity index (χ3n) is 6.92. The zero-order valence-electron chi connectivity index (χ0n) is 21.2. The van der Waals surface area contributed by atoms with Gasteiger partial charge in [-0.15, -0.1) is 0 Å². The van der Waals surface area contributed by atoms with Crippen LogP contribution in [0.2, 0.25) is 0 Å². The summed E-state index contributed by atoms with van der Waals surface area (Å²) in [6, 6.07) is 8.20. The minimum absolute atomic E-state index is 0.00179. The number of benzene rings is 2. The molecule has 0 radical (unpaired) electrons. The third kappa shape index (κ3) is 5.49. The molecule has 3 aromatic rings. The summed E-state index contributed by atoms with van der Waals surface area (Å²) in [5.41, 5.74) is -3.82. The Kier molecular flexibility index (Phi) is 7.48. The van der Waals surface area contributed by atoms with Crippen molar-refractivity contribution in [3.8, 4) is 17.2 Å². The highest BCUT2D eigenvalue weighted by molar-refractivity contribution is 6.07. The summed E-state index contributed by atoms with van der Waals surface area (Å²) in [6.45, 7) is 4.98. The average molecular weight is 546 g/mol. The molecule has 0 bridgehead atoms. The molecule has 0 saturated carbocycles. The number of amides is 1. The van der Waals surface area contributed by atoms with E-state index < -0.39 is 51.5 Å². The molecule has 1 saturated heterocycles. The molecule has 7 nitrogen and oxygen atoms in total. The number of nitrogens with one attached hydrogen (secondary N) is 2. The lowest BCUT2D eigenvalue weighted by atomic mass is 9.99. The largest absolute Gasteiger partial charge is 0.417 e.